The fourth-order valence-corrected chi connectivity index (χ4v) is 4.70. The summed E-state index contributed by atoms with van der Waals surface area (Å²) in [5.41, 5.74) is 0.784. The van der Waals surface area contributed by atoms with Gasteiger partial charge in [0.05, 0.1) is 17.6 Å². The average Bonchev–Trinajstić information content (AvgIpc) is 3.23. The van der Waals surface area contributed by atoms with E-state index in [2.05, 4.69) is 24.5 Å². The number of carboxylic acids is 1. The second-order valence-electron chi connectivity index (χ2n) is 9.23. The van der Waals surface area contributed by atoms with E-state index in [0.717, 1.165) is 11.9 Å². The van der Waals surface area contributed by atoms with E-state index in [9.17, 15) is 23.1 Å². The first-order chi connectivity index (χ1) is 19.2. The lowest BCUT2D eigenvalue weighted by atomic mass is 10.2. The molecule has 0 spiro atoms. The minimum absolute atomic E-state index is 0.0171. The van der Waals surface area contributed by atoms with E-state index in [4.69, 9.17) is 16.3 Å². The molecular formula is C27H25ClF3N5O4. The van der Waals surface area contributed by atoms with Crippen LogP contribution in [0.3, 0.4) is 0 Å². The minimum Gasteiger partial charge on any atom is -0.478 e. The van der Waals surface area contributed by atoms with E-state index in [1.807, 2.05) is 12.1 Å². The Hall–Kier alpha value is -4.03. The summed E-state index contributed by atoms with van der Waals surface area (Å²) in [5, 5.41) is 9.70. The maximum Gasteiger partial charge on any atom is 0.387 e. The molecule has 1 saturated heterocycles. The third-order valence-corrected chi connectivity index (χ3v) is 6.90. The maximum absolute atomic E-state index is 14.1. The number of aromatic nitrogens is 3. The lowest BCUT2D eigenvalue weighted by Gasteiger charge is -2.35. The quantitative estimate of drug-likeness (QED) is 0.299. The summed E-state index contributed by atoms with van der Waals surface area (Å²) >= 11 is 5.81. The van der Waals surface area contributed by atoms with Crippen molar-refractivity contribution in [3.8, 4) is 11.6 Å². The summed E-state index contributed by atoms with van der Waals surface area (Å²) < 4.78 is 52.0. The number of halogens is 4. The first kappa shape index (κ1) is 27.5. The van der Waals surface area contributed by atoms with E-state index in [1.165, 1.54) is 12.1 Å². The Morgan fingerprint density at radius 1 is 1.10 bits per heavy atom. The summed E-state index contributed by atoms with van der Waals surface area (Å²) in [6.07, 6.45) is 0. The molecule has 1 aliphatic heterocycles. The molecule has 0 saturated carbocycles. The molecule has 1 N–H and O–H groups in total. The molecular weight excluding hydrogens is 551 g/mol. The Balaban J connectivity index is 1.24. The van der Waals surface area contributed by atoms with Crippen LogP contribution < -0.4 is 14.4 Å². The molecule has 9 nitrogen and oxygen atoms in total. The van der Waals surface area contributed by atoms with E-state index >= 15 is 0 Å². The van der Waals surface area contributed by atoms with Gasteiger partial charge in [-0.1, -0.05) is 23.7 Å². The van der Waals surface area contributed by atoms with Gasteiger partial charge in [-0.2, -0.15) is 13.8 Å². The molecule has 3 heterocycles. The van der Waals surface area contributed by atoms with Crippen molar-refractivity contribution in [1.29, 1.82) is 0 Å². The predicted molar refractivity (Wildman–Crippen MR) is 142 cm³/mol. The van der Waals surface area contributed by atoms with Crippen molar-refractivity contribution in [2.24, 2.45) is 7.05 Å². The van der Waals surface area contributed by atoms with Gasteiger partial charge in [0, 0.05) is 49.9 Å². The predicted octanol–water partition coefficient (Wildman–Crippen LogP) is 4.96. The lowest BCUT2D eigenvalue weighted by molar-refractivity contribution is -0.0489. The summed E-state index contributed by atoms with van der Waals surface area (Å²) in [7, 11) is 1.71. The minimum atomic E-state index is -3.11. The van der Waals surface area contributed by atoms with Crippen LogP contribution in [0, 0.1) is 5.82 Å². The van der Waals surface area contributed by atoms with Gasteiger partial charge in [0.2, 0.25) is 5.88 Å². The molecule has 0 amide bonds. The van der Waals surface area contributed by atoms with Gasteiger partial charge in [0.1, 0.15) is 29.6 Å². The van der Waals surface area contributed by atoms with Crippen LogP contribution in [0.25, 0.3) is 11.0 Å². The number of carboxylic acid groups (broad SMARTS) is 1. The highest BCUT2D eigenvalue weighted by molar-refractivity contribution is 6.30. The summed E-state index contributed by atoms with van der Waals surface area (Å²) in [4.78, 5) is 24.8. The van der Waals surface area contributed by atoms with Gasteiger partial charge in [-0.3, -0.25) is 4.90 Å². The number of ether oxygens (including phenoxy) is 2. The van der Waals surface area contributed by atoms with Crippen molar-refractivity contribution in [2.45, 2.75) is 19.8 Å². The SMILES string of the molecule is Cn1c(CN2CCN(c3cccc(OCc4ccc(Cl)cc4F)n3)CC2)nc2c(OC(F)F)cc(C(=O)O)cc21. The number of hydrogen-bond donors (Lipinski definition) is 1. The normalized spacial score (nSPS) is 14.2. The zero-order chi connectivity index (χ0) is 28.4. The monoisotopic (exact) mass is 575 g/mol. The van der Waals surface area contributed by atoms with Gasteiger partial charge >= 0.3 is 12.6 Å². The van der Waals surface area contributed by atoms with Crippen LogP contribution in [0.2, 0.25) is 5.02 Å². The fraction of sp³-hybridized carbons (Fsp3) is 0.296. The number of anilines is 1. The Labute approximate surface area is 232 Å². The topological polar surface area (TPSA) is 93.0 Å². The Kier molecular flexibility index (Phi) is 7.99. The maximum atomic E-state index is 14.1. The molecule has 0 atom stereocenters. The van der Waals surface area contributed by atoms with Crippen molar-refractivity contribution < 1.29 is 32.5 Å². The number of nitrogens with zero attached hydrogens (tertiary/aromatic N) is 5. The van der Waals surface area contributed by atoms with Crippen LogP contribution in [-0.2, 0) is 20.2 Å². The Bertz CT molecular complexity index is 1540. The number of aryl methyl sites for hydroxylation is 1. The zero-order valence-electron chi connectivity index (χ0n) is 21.4. The van der Waals surface area contributed by atoms with Crippen molar-refractivity contribution in [1.82, 2.24) is 19.4 Å². The van der Waals surface area contributed by atoms with Crippen LogP contribution in [0.1, 0.15) is 21.7 Å². The number of imidazole rings is 1. The van der Waals surface area contributed by atoms with Gasteiger partial charge in [-0.25, -0.2) is 14.2 Å². The molecule has 40 heavy (non-hydrogen) atoms. The van der Waals surface area contributed by atoms with Crippen molar-refractivity contribution in [2.75, 3.05) is 31.1 Å². The molecule has 0 radical (unpaired) electrons. The molecule has 2 aromatic carbocycles. The van der Waals surface area contributed by atoms with E-state index in [1.54, 1.807) is 29.8 Å². The zero-order valence-corrected chi connectivity index (χ0v) is 22.1. The van der Waals surface area contributed by atoms with Crippen molar-refractivity contribution >= 4 is 34.4 Å². The lowest BCUT2D eigenvalue weighted by Crippen LogP contribution is -2.46. The standard InChI is InChI=1S/C27H25ClF3N5O4/c1-34-20-11-17(26(37)38)12-21(40-27(30)31)25(20)33-23(34)14-35-7-9-36(10-8-35)22-3-2-4-24(32-22)39-15-16-5-6-18(28)13-19(16)29/h2-6,11-13,27H,7-10,14-15H2,1H3,(H,37,38). The van der Waals surface area contributed by atoms with E-state index in [0.29, 0.717) is 60.5 Å². The number of rotatable bonds is 9. The number of carbonyl (C=O) groups is 1. The molecule has 1 fully saturated rings. The highest BCUT2D eigenvalue weighted by Gasteiger charge is 2.23. The smallest absolute Gasteiger partial charge is 0.387 e. The van der Waals surface area contributed by atoms with Crippen LogP contribution in [0.15, 0.2) is 48.5 Å². The van der Waals surface area contributed by atoms with E-state index < -0.39 is 18.4 Å². The molecule has 0 aliphatic carbocycles. The summed E-state index contributed by atoms with van der Waals surface area (Å²) in [6, 6.07) is 12.3. The number of hydrogen-bond acceptors (Lipinski definition) is 7. The highest BCUT2D eigenvalue weighted by Crippen LogP contribution is 2.30. The second-order valence-corrected chi connectivity index (χ2v) is 9.67. The number of piperazine rings is 1. The Morgan fingerprint density at radius 3 is 2.58 bits per heavy atom. The average molecular weight is 576 g/mol. The third-order valence-electron chi connectivity index (χ3n) is 6.67. The van der Waals surface area contributed by atoms with Crippen LogP contribution in [0.5, 0.6) is 11.6 Å². The molecule has 210 valence electrons. The molecule has 2 aromatic heterocycles. The first-order valence-electron chi connectivity index (χ1n) is 12.4. The number of alkyl halides is 2. The first-order valence-corrected chi connectivity index (χ1v) is 12.7. The highest BCUT2D eigenvalue weighted by atomic mass is 35.5. The molecule has 0 unspecified atom stereocenters. The number of benzene rings is 2. The van der Waals surface area contributed by atoms with Crippen LogP contribution in [0.4, 0.5) is 19.0 Å². The fourth-order valence-electron chi connectivity index (χ4n) is 4.54. The van der Waals surface area contributed by atoms with Gasteiger partial charge in [0.15, 0.2) is 5.75 Å². The molecule has 4 aromatic rings. The van der Waals surface area contributed by atoms with Crippen LogP contribution in [-0.4, -0.2) is 63.3 Å². The molecule has 5 rings (SSSR count). The second kappa shape index (κ2) is 11.6. The molecule has 1 aliphatic rings. The number of fused-ring (bicyclic) bond motifs is 1. The van der Waals surface area contributed by atoms with Crippen molar-refractivity contribution in [3.63, 3.8) is 0 Å². The van der Waals surface area contributed by atoms with Crippen molar-refractivity contribution in [3.05, 3.63) is 76.3 Å². The van der Waals surface area contributed by atoms with Gasteiger partial charge in [-0.05, 0) is 30.3 Å². The molecule has 13 heteroatoms. The third kappa shape index (κ3) is 6.07. The molecule has 0 bridgehead atoms. The van der Waals surface area contributed by atoms with Gasteiger partial charge in [-0.15, -0.1) is 0 Å². The summed E-state index contributed by atoms with van der Waals surface area (Å²) in [5.74, 6) is -0.278. The van der Waals surface area contributed by atoms with Gasteiger partial charge < -0.3 is 24.0 Å². The van der Waals surface area contributed by atoms with E-state index in [-0.39, 0.29) is 23.4 Å². The number of pyridine rings is 1. The van der Waals surface area contributed by atoms with Gasteiger partial charge in [0.25, 0.3) is 0 Å². The Morgan fingerprint density at radius 2 is 1.88 bits per heavy atom. The largest absolute Gasteiger partial charge is 0.478 e. The summed E-state index contributed by atoms with van der Waals surface area (Å²) in [6.45, 7) is 0.00744. The van der Waals surface area contributed by atoms with Crippen LogP contribution >= 0.6 is 11.6 Å². The number of aromatic carboxylic acids is 1.